The van der Waals surface area contributed by atoms with Crippen molar-refractivity contribution >= 4 is 7.60 Å². The normalized spacial score (nSPS) is 33.6. The Morgan fingerprint density at radius 2 is 1.83 bits per heavy atom. The van der Waals surface area contributed by atoms with E-state index >= 15 is 0 Å². The summed E-state index contributed by atoms with van der Waals surface area (Å²) in [6.07, 6.45) is 4.64. The highest BCUT2D eigenvalue weighted by Crippen LogP contribution is 2.60. The largest absolute Gasteiger partial charge is 0.350 e. The van der Waals surface area contributed by atoms with Crippen molar-refractivity contribution in [3.63, 3.8) is 0 Å². The number of hydrogen-bond donors (Lipinski definition) is 0. The van der Waals surface area contributed by atoms with Gasteiger partial charge in [0.2, 0.25) is 0 Å². The van der Waals surface area contributed by atoms with Gasteiger partial charge >= 0.3 is 7.60 Å². The molecule has 18 heavy (non-hydrogen) atoms. The van der Waals surface area contributed by atoms with Crippen LogP contribution in [0, 0.1) is 5.92 Å². The fraction of sp³-hybridized carbons (Fsp3) is 1.00. The van der Waals surface area contributed by atoms with Crippen molar-refractivity contribution in [1.82, 2.24) is 5.06 Å². The summed E-state index contributed by atoms with van der Waals surface area (Å²) in [4.78, 5) is 5.82. The van der Waals surface area contributed by atoms with Crippen molar-refractivity contribution in [3.8, 4) is 0 Å². The van der Waals surface area contributed by atoms with Crippen LogP contribution in [0.2, 0.25) is 0 Å². The predicted molar refractivity (Wildman–Crippen MR) is 69.2 cm³/mol. The standard InChI is InChI=1S/C12H24NO4P/c1-4-15-18(14,16-5-2)12-10-8-6-7-9-11(10)17-13(12)3/h10-12H,4-9H2,1-3H3/t10-,11+,12+/m0/s1. The Morgan fingerprint density at radius 3 is 2.44 bits per heavy atom. The molecule has 0 aromatic heterocycles. The summed E-state index contributed by atoms with van der Waals surface area (Å²) in [5.74, 6) is 0.0235. The third-order valence-electron chi connectivity index (χ3n) is 3.75. The van der Waals surface area contributed by atoms with E-state index in [0.29, 0.717) is 13.2 Å². The Morgan fingerprint density at radius 1 is 1.22 bits per heavy atom. The van der Waals surface area contributed by atoms with Gasteiger partial charge in [-0.1, -0.05) is 12.8 Å². The summed E-state index contributed by atoms with van der Waals surface area (Å²) in [6, 6.07) is 0. The van der Waals surface area contributed by atoms with Crippen LogP contribution < -0.4 is 0 Å². The minimum Gasteiger partial charge on any atom is -0.308 e. The molecule has 0 bridgehead atoms. The van der Waals surface area contributed by atoms with Gasteiger partial charge in [0, 0.05) is 13.0 Å². The first-order valence-electron chi connectivity index (χ1n) is 6.90. The molecule has 0 unspecified atom stereocenters. The van der Waals surface area contributed by atoms with Crippen molar-refractivity contribution in [2.45, 2.75) is 51.4 Å². The first kappa shape index (κ1) is 14.5. The first-order valence-corrected chi connectivity index (χ1v) is 8.52. The number of hydroxylamine groups is 2. The van der Waals surface area contributed by atoms with Crippen LogP contribution in [0.25, 0.3) is 0 Å². The van der Waals surface area contributed by atoms with E-state index in [1.807, 2.05) is 20.9 Å². The summed E-state index contributed by atoms with van der Waals surface area (Å²) in [5.41, 5.74) is 0. The Kier molecular flexibility index (Phi) is 4.84. The lowest BCUT2D eigenvalue weighted by atomic mass is 9.87. The second-order valence-corrected chi connectivity index (χ2v) is 7.05. The molecule has 6 heteroatoms. The molecule has 0 radical (unpaired) electrons. The number of hydrogen-bond acceptors (Lipinski definition) is 5. The molecule has 0 aromatic rings. The lowest BCUT2D eigenvalue weighted by Crippen LogP contribution is -2.32. The van der Waals surface area contributed by atoms with Crippen LogP contribution in [-0.4, -0.2) is 37.2 Å². The Hall–Kier alpha value is 0.0700. The lowest BCUT2D eigenvalue weighted by Gasteiger charge is -2.31. The maximum absolute atomic E-state index is 12.9. The third kappa shape index (κ3) is 2.66. The molecular weight excluding hydrogens is 253 g/mol. The maximum atomic E-state index is 12.9. The molecule has 0 N–H and O–H groups in total. The first-order chi connectivity index (χ1) is 8.62. The summed E-state index contributed by atoms with van der Waals surface area (Å²) in [5, 5.41) is 1.72. The number of nitrogens with zero attached hydrogens (tertiary/aromatic N) is 1. The Labute approximate surface area is 109 Å². The predicted octanol–water partition coefficient (Wildman–Crippen LogP) is 3.01. The van der Waals surface area contributed by atoms with Gasteiger partial charge in [-0.2, -0.15) is 5.06 Å². The van der Waals surface area contributed by atoms with Crippen LogP contribution in [0.15, 0.2) is 0 Å². The van der Waals surface area contributed by atoms with Crippen molar-refractivity contribution in [2.75, 3.05) is 20.3 Å². The van der Waals surface area contributed by atoms with E-state index in [1.54, 1.807) is 5.06 Å². The molecule has 1 saturated carbocycles. The zero-order chi connectivity index (χ0) is 13.2. The van der Waals surface area contributed by atoms with Crippen LogP contribution in [0.3, 0.4) is 0 Å². The second kappa shape index (κ2) is 6.02. The topological polar surface area (TPSA) is 48.0 Å². The SMILES string of the molecule is CCOP(=O)(OCC)[C@@H]1[C@H]2CCCC[C@H]2ON1C. The highest BCUT2D eigenvalue weighted by atomic mass is 31.2. The highest BCUT2D eigenvalue weighted by Gasteiger charge is 2.53. The summed E-state index contributed by atoms with van der Waals surface area (Å²) < 4.78 is 23.9. The van der Waals surface area contributed by atoms with E-state index in [2.05, 4.69) is 0 Å². The van der Waals surface area contributed by atoms with Crippen LogP contribution in [-0.2, 0) is 18.5 Å². The van der Waals surface area contributed by atoms with E-state index in [4.69, 9.17) is 13.9 Å². The molecule has 106 valence electrons. The average molecular weight is 277 g/mol. The van der Waals surface area contributed by atoms with Crippen molar-refractivity contribution in [3.05, 3.63) is 0 Å². The maximum Gasteiger partial charge on any atom is 0.350 e. The van der Waals surface area contributed by atoms with E-state index in [9.17, 15) is 4.57 Å². The highest BCUT2D eigenvalue weighted by molar-refractivity contribution is 7.54. The molecule has 0 amide bonds. The lowest BCUT2D eigenvalue weighted by molar-refractivity contribution is -0.140. The van der Waals surface area contributed by atoms with Crippen LogP contribution in [0.5, 0.6) is 0 Å². The molecule has 0 aromatic carbocycles. The van der Waals surface area contributed by atoms with E-state index < -0.39 is 7.60 Å². The second-order valence-electron chi connectivity index (χ2n) is 4.93. The van der Waals surface area contributed by atoms with Gasteiger partial charge in [-0.15, -0.1) is 0 Å². The summed E-state index contributed by atoms with van der Waals surface area (Å²) >= 11 is 0. The molecule has 1 heterocycles. The number of rotatable bonds is 5. The van der Waals surface area contributed by atoms with Gasteiger partial charge in [0.1, 0.15) is 5.78 Å². The van der Waals surface area contributed by atoms with Gasteiger partial charge in [0.25, 0.3) is 0 Å². The summed E-state index contributed by atoms with van der Waals surface area (Å²) in [6.45, 7) is 4.50. The molecule has 2 rings (SSSR count). The number of fused-ring (bicyclic) bond motifs is 1. The molecule has 2 fully saturated rings. The van der Waals surface area contributed by atoms with E-state index in [0.717, 1.165) is 12.8 Å². The quantitative estimate of drug-likeness (QED) is 0.723. The van der Waals surface area contributed by atoms with Crippen LogP contribution >= 0.6 is 7.60 Å². The Bertz CT molecular complexity index is 315. The van der Waals surface area contributed by atoms with E-state index in [1.165, 1.54) is 12.8 Å². The van der Waals surface area contributed by atoms with E-state index in [-0.39, 0.29) is 17.8 Å². The molecular formula is C12H24NO4P. The molecule has 3 atom stereocenters. The zero-order valence-corrected chi connectivity index (χ0v) is 12.4. The van der Waals surface area contributed by atoms with Crippen LogP contribution in [0.4, 0.5) is 0 Å². The van der Waals surface area contributed by atoms with Gasteiger partial charge in [-0.3, -0.25) is 9.40 Å². The van der Waals surface area contributed by atoms with Crippen molar-refractivity contribution in [2.24, 2.45) is 5.92 Å². The van der Waals surface area contributed by atoms with Gasteiger partial charge in [0.05, 0.1) is 19.3 Å². The summed E-state index contributed by atoms with van der Waals surface area (Å²) in [7, 11) is -1.27. The van der Waals surface area contributed by atoms with Gasteiger partial charge in [-0.05, 0) is 26.7 Å². The van der Waals surface area contributed by atoms with Gasteiger partial charge in [-0.25, -0.2) is 0 Å². The molecule has 0 spiro atoms. The van der Waals surface area contributed by atoms with Crippen molar-refractivity contribution < 1.29 is 18.5 Å². The van der Waals surface area contributed by atoms with Gasteiger partial charge < -0.3 is 9.05 Å². The average Bonchev–Trinajstić information content (AvgIpc) is 2.66. The fourth-order valence-corrected chi connectivity index (χ4v) is 5.49. The Balaban J connectivity index is 2.20. The van der Waals surface area contributed by atoms with Crippen molar-refractivity contribution in [1.29, 1.82) is 0 Å². The van der Waals surface area contributed by atoms with Crippen LogP contribution in [0.1, 0.15) is 39.5 Å². The fourth-order valence-electron chi connectivity index (χ4n) is 3.13. The third-order valence-corrected chi connectivity index (χ3v) is 6.35. The zero-order valence-electron chi connectivity index (χ0n) is 11.5. The minimum atomic E-state index is -3.11. The smallest absolute Gasteiger partial charge is 0.308 e. The minimum absolute atomic E-state index is 0.183. The molecule has 1 aliphatic heterocycles. The van der Waals surface area contributed by atoms with Gasteiger partial charge in [0.15, 0.2) is 0 Å². The molecule has 5 nitrogen and oxygen atoms in total. The monoisotopic (exact) mass is 277 g/mol. The molecule has 2 aliphatic rings. The molecule has 1 saturated heterocycles. The molecule has 1 aliphatic carbocycles.